The highest BCUT2D eigenvalue weighted by molar-refractivity contribution is 14.1. The molecule has 7 heteroatoms. The summed E-state index contributed by atoms with van der Waals surface area (Å²) in [6, 6.07) is 3.62. The SMILES string of the molecule is O=c1[nH]c(-c2cc(Br)c3c(c2)OCO3)ncc1I. The van der Waals surface area contributed by atoms with Crippen LogP contribution in [-0.4, -0.2) is 16.8 Å². The molecule has 0 aliphatic carbocycles. The number of aromatic amines is 1. The molecule has 3 rings (SSSR count). The molecule has 0 fully saturated rings. The summed E-state index contributed by atoms with van der Waals surface area (Å²) in [5.41, 5.74) is 0.606. The summed E-state index contributed by atoms with van der Waals surface area (Å²) < 4.78 is 11.9. The first kappa shape index (κ1) is 12.0. The minimum Gasteiger partial charge on any atom is -0.454 e. The molecule has 18 heavy (non-hydrogen) atoms. The third-order valence-corrected chi connectivity index (χ3v) is 3.81. The lowest BCUT2D eigenvalue weighted by molar-refractivity contribution is 0.173. The molecule has 1 N–H and O–H groups in total. The second-order valence-electron chi connectivity index (χ2n) is 3.60. The van der Waals surface area contributed by atoms with Crippen molar-refractivity contribution in [2.75, 3.05) is 6.79 Å². The number of rotatable bonds is 1. The number of hydrogen-bond donors (Lipinski definition) is 1. The Kier molecular flexibility index (Phi) is 3.02. The first-order chi connectivity index (χ1) is 8.65. The second kappa shape index (κ2) is 4.54. The lowest BCUT2D eigenvalue weighted by Crippen LogP contribution is -2.11. The predicted octanol–water partition coefficient (Wildman–Crippen LogP) is 2.53. The molecule has 0 saturated carbocycles. The maximum Gasteiger partial charge on any atom is 0.264 e. The molecule has 0 atom stereocenters. The van der Waals surface area contributed by atoms with E-state index in [9.17, 15) is 4.79 Å². The van der Waals surface area contributed by atoms with Gasteiger partial charge in [-0.3, -0.25) is 4.79 Å². The largest absolute Gasteiger partial charge is 0.454 e. The van der Waals surface area contributed by atoms with Crippen molar-refractivity contribution in [3.05, 3.63) is 36.7 Å². The number of nitrogens with zero attached hydrogens (tertiary/aromatic N) is 1. The zero-order chi connectivity index (χ0) is 12.7. The quantitative estimate of drug-likeness (QED) is 0.720. The minimum atomic E-state index is -0.158. The van der Waals surface area contributed by atoms with E-state index in [0.717, 1.165) is 10.0 Å². The van der Waals surface area contributed by atoms with Crippen molar-refractivity contribution in [2.24, 2.45) is 0 Å². The highest BCUT2D eigenvalue weighted by Crippen LogP contribution is 2.41. The monoisotopic (exact) mass is 420 g/mol. The Labute approximate surface area is 124 Å². The van der Waals surface area contributed by atoms with Crippen LogP contribution in [0.15, 0.2) is 27.6 Å². The number of aromatic nitrogens is 2. The van der Waals surface area contributed by atoms with Crippen LogP contribution in [0.5, 0.6) is 11.5 Å². The first-order valence-corrected chi connectivity index (χ1v) is 6.86. The van der Waals surface area contributed by atoms with Crippen LogP contribution in [0.1, 0.15) is 0 Å². The van der Waals surface area contributed by atoms with Crippen LogP contribution in [0.4, 0.5) is 0 Å². The van der Waals surface area contributed by atoms with Gasteiger partial charge in [0.05, 0.1) is 8.04 Å². The van der Waals surface area contributed by atoms with E-state index in [4.69, 9.17) is 9.47 Å². The van der Waals surface area contributed by atoms with Crippen LogP contribution in [0, 0.1) is 3.57 Å². The second-order valence-corrected chi connectivity index (χ2v) is 5.62. The molecule has 0 saturated heterocycles. The summed E-state index contributed by atoms with van der Waals surface area (Å²) in [6.07, 6.45) is 1.53. The van der Waals surface area contributed by atoms with Crippen molar-refractivity contribution in [2.45, 2.75) is 0 Å². The van der Waals surface area contributed by atoms with Crippen molar-refractivity contribution >= 4 is 38.5 Å². The molecule has 5 nitrogen and oxygen atoms in total. The number of nitrogens with one attached hydrogen (secondary N) is 1. The molecule has 1 aromatic heterocycles. The fourth-order valence-corrected chi connectivity index (χ4v) is 2.46. The number of H-pyrrole nitrogens is 1. The number of ether oxygens (including phenoxy) is 2. The molecule has 0 amide bonds. The first-order valence-electron chi connectivity index (χ1n) is 4.99. The van der Waals surface area contributed by atoms with Gasteiger partial charge < -0.3 is 14.5 Å². The Morgan fingerprint density at radius 1 is 1.39 bits per heavy atom. The van der Waals surface area contributed by atoms with Gasteiger partial charge in [0.2, 0.25) is 6.79 Å². The molecule has 0 spiro atoms. The van der Waals surface area contributed by atoms with Crippen molar-refractivity contribution in [3.63, 3.8) is 0 Å². The van der Waals surface area contributed by atoms with Crippen LogP contribution in [0.3, 0.4) is 0 Å². The van der Waals surface area contributed by atoms with Gasteiger partial charge in [0.25, 0.3) is 5.56 Å². The molecule has 0 unspecified atom stereocenters. The molecule has 1 aliphatic heterocycles. The van der Waals surface area contributed by atoms with E-state index >= 15 is 0 Å². The summed E-state index contributed by atoms with van der Waals surface area (Å²) in [5, 5.41) is 0. The van der Waals surface area contributed by atoms with E-state index in [-0.39, 0.29) is 12.4 Å². The fraction of sp³-hybridized carbons (Fsp3) is 0.0909. The maximum atomic E-state index is 11.6. The van der Waals surface area contributed by atoms with Crippen LogP contribution in [0.2, 0.25) is 0 Å². The van der Waals surface area contributed by atoms with Crippen molar-refractivity contribution in [1.82, 2.24) is 9.97 Å². The molecule has 0 bridgehead atoms. The topological polar surface area (TPSA) is 64.2 Å². The van der Waals surface area contributed by atoms with E-state index < -0.39 is 0 Å². The molecule has 92 valence electrons. The average molecular weight is 421 g/mol. The van der Waals surface area contributed by atoms with Gasteiger partial charge in [0, 0.05) is 11.8 Å². The van der Waals surface area contributed by atoms with Crippen molar-refractivity contribution in [1.29, 1.82) is 0 Å². The van der Waals surface area contributed by atoms with Crippen LogP contribution in [0.25, 0.3) is 11.4 Å². The summed E-state index contributed by atoms with van der Waals surface area (Å²) in [7, 11) is 0. The summed E-state index contributed by atoms with van der Waals surface area (Å²) in [5.74, 6) is 1.81. The Bertz CT molecular complexity index is 686. The summed E-state index contributed by atoms with van der Waals surface area (Å²) in [4.78, 5) is 18.5. The molecule has 1 aromatic carbocycles. The standard InChI is InChI=1S/C11H6BrIN2O3/c12-6-1-5(2-8-9(6)18-4-17-8)10-14-3-7(13)11(16)15-10/h1-3H,4H2,(H,14,15,16). The highest BCUT2D eigenvalue weighted by atomic mass is 127. The Balaban J connectivity index is 2.15. The van der Waals surface area contributed by atoms with Crippen LogP contribution < -0.4 is 15.0 Å². The molecule has 2 heterocycles. The van der Waals surface area contributed by atoms with E-state index in [0.29, 0.717) is 20.9 Å². The average Bonchev–Trinajstić information content (AvgIpc) is 2.81. The van der Waals surface area contributed by atoms with Gasteiger partial charge in [-0.15, -0.1) is 0 Å². The van der Waals surface area contributed by atoms with Gasteiger partial charge in [0.15, 0.2) is 11.5 Å². The summed E-state index contributed by atoms with van der Waals surface area (Å²) >= 11 is 5.34. The van der Waals surface area contributed by atoms with Gasteiger partial charge in [0.1, 0.15) is 5.82 Å². The normalized spacial score (nSPS) is 12.8. The van der Waals surface area contributed by atoms with Crippen LogP contribution >= 0.6 is 38.5 Å². The van der Waals surface area contributed by atoms with Gasteiger partial charge in [-0.1, -0.05) is 0 Å². The molecular formula is C11H6BrIN2O3. The minimum absolute atomic E-state index is 0.158. The third kappa shape index (κ3) is 2.01. The van der Waals surface area contributed by atoms with Gasteiger partial charge in [-0.2, -0.15) is 0 Å². The lowest BCUT2D eigenvalue weighted by atomic mass is 10.2. The number of benzene rings is 1. The fourth-order valence-electron chi connectivity index (χ4n) is 1.63. The van der Waals surface area contributed by atoms with E-state index in [1.165, 1.54) is 6.20 Å². The molecular weight excluding hydrogens is 415 g/mol. The van der Waals surface area contributed by atoms with E-state index in [1.54, 1.807) is 6.07 Å². The molecule has 0 radical (unpaired) electrons. The zero-order valence-corrected chi connectivity index (χ0v) is 12.6. The zero-order valence-electron chi connectivity index (χ0n) is 8.87. The molecule has 1 aliphatic rings. The van der Waals surface area contributed by atoms with E-state index in [2.05, 4.69) is 25.9 Å². The number of fused-ring (bicyclic) bond motifs is 1. The third-order valence-electron chi connectivity index (χ3n) is 2.46. The predicted molar refractivity (Wildman–Crippen MR) is 76.8 cm³/mol. The maximum absolute atomic E-state index is 11.6. The Morgan fingerprint density at radius 2 is 2.22 bits per heavy atom. The van der Waals surface area contributed by atoms with E-state index in [1.807, 2.05) is 28.7 Å². The van der Waals surface area contributed by atoms with Crippen molar-refractivity contribution in [3.8, 4) is 22.9 Å². The van der Waals surface area contributed by atoms with Gasteiger partial charge >= 0.3 is 0 Å². The number of halogens is 2. The van der Waals surface area contributed by atoms with Gasteiger partial charge in [-0.05, 0) is 50.7 Å². The lowest BCUT2D eigenvalue weighted by Gasteiger charge is -2.04. The smallest absolute Gasteiger partial charge is 0.264 e. The summed E-state index contributed by atoms with van der Waals surface area (Å²) in [6.45, 7) is 0.202. The highest BCUT2D eigenvalue weighted by Gasteiger charge is 2.19. The molecule has 2 aromatic rings. The Hall–Kier alpha value is -1.09. The van der Waals surface area contributed by atoms with Crippen LogP contribution in [-0.2, 0) is 0 Å². The van der Waals surface area contributed by atoms with Crippen molar-refractivity contribution < 1.29 is 9.47 Å². The Morgan fingerprint density at radius 3 is 3.00 bits per heavy atom. The number of hydrogen-bond acceptors (Lipinski definition) is 4. The van der Waals surface area contributed by atoms with Gasteiger partial charge in [-0.25, -0.2) is 4.98 Å².